The van der Waals surface area contributed by atoms with Gasteiger partial charge in [-0.05, 0) is 46.9 Å². The van der Waals surface area contributed by atoms with Gasteiger partial charge in [0.2, 0.25) is 17.8 Å². The molecule has 94 valence electrons. The molecule has 0 aliphatic heterocycles. The molecule has 0 unspecified atom stereocenters. The predicted octanol–water partition coefficient (Wildman–Crippen LogP) is 1.87. The third kappa shape index (κ3) is 3.19. The van der Waals surface area contributed by atoms with Gasteiger partial charge in [-0.1, -0.05) is 0 Å². The Morgan fingerprint density at radius 3 is 2.39 bits per heavy atom. The molecule has 0 bridgehead atoms. The van der Waals surface area contributed by atoms with Crippen LogP contribution < -0.4 is 16.0 Å². The van der Waals surface area contributed by atoms with Gasteiger partial charge >= 0.3 is 0 Å². The molecule has 0 amide bonds. The summed E-state index contributed by atoms with van der Waals surface area (Å²) in [6, 6.07) is 7.91. The molecule has 1 heterocycles. The molecule has 3 N–H and O–H groups in total. The first-order chi connectivity index (χ1) is 8.54. The van der Waals surface area contributed by atoms with Crippen molar-refractivity contribution in [2.75, 3.05) is 30.0 Å². The molecule has 0 radical (unpaired) electrons. The van der Waals surface area contributed by atoms with E-state index in [4.69, 9.17) is 5.73 Å². The number of rotatable bonds is 3. The standard InChI is InChI=1S/C11H13IN6/c1-18(2)11-16-9(13)15-10(17-11)14-8-5-3-7(12)4-6-8/h3-6H,1-2H3,(H3,13,14,15,16,17). The van der Waals surface area contributed by atoms with Gasteiger partial charge in [0.1, 0.15) is 0 Å². The lowest BCUT2D eigenvalue weighted by atomic mass is 10.3. The van der Waals surface area contributed by atoms with Crippen LogP contribution in [-0.2, 0) is 0 Å². The fraction of sp³-hybridized carbons (Fsp3) is 0.182. The van der Waals surface area contributed by atoms with Gasteiger partial charge in [0.25, 0.3) is 0 Å². The molecule has 1 aromatic heterocycles. The Kier molecular flexibility index (Phi) is 3.80. The second kappa shape index (κ2) is 5.34. The Morgan fingerprint density at radius 1 is 1.11 bits per heavy atom. The lowest BCUT2D eigenvalue weighted by Gasteiger charge is -2.12. The number of nitrogen functional groups attached to an aromatic ring is 1. The molecule has 0 aliphatic carbocycles. The summed E-state index contributed by atoms with van der Waals surface area (Å²) in [4.78, 5) is 14.1. The Balaban J connectivity index is 2.26. The molecular formula is C11H13IN6. The van der Waals surface area contributed by atoms with Crippen molar-refractivity contribution in [3.63, 3.8) is 0 Å². The van der Waals surface area contributed by atoms with Crippen LogP contribution in [-0.4, -0.2) is 29.0 Å². The van der Waals surface area contributed by atoms with Gasteiger partial charge in [0.05, 0.1) is 0 Å². The van der Waals surface area contributed by atoms with Crippen LogP contribution in [0.15, 0.2) is 24.3 Å². The first-order valence-electron chi connectivity index (χ1n) is 5.26. The monoisotopic (exact) mass is 356 g/mol. The summed E-state index contributed by atoms with van der Waals surface area (Å²) in [6.45, 7) is 0. The minimum atomic E-state index is 0.196. The van der Waals surface area contributed by atoms with Crippen molar-refractivity contribution >= 4 is 46.1 Å². The van der Waals surface area contributed by atoms with Gasteiger partial charge in [0, 0.05) is 23.4 Å². The first-order valence-corrected chi connectivity index (χ1v) is 6.34. The molecule has 2 aromatic rings. The minimum absolute atomic E-state index is 0.196. The molecule has 0 fully saturated rings. The Morgan fingerprint density at radius 2 is 1.78 bits per heavy atom. The summed E-state index contributed by atoms with van der Waals surface area (Å²) >= 11 is 2.25. The highest BCUT2D eigenvalue weighted by Crippen LogP contribution is 2.16. The number of nitrogens with zero attached hydrogens (tertiary/aromatic N) is 4. The summed E-state index contributed by atoms with van der Waals surface area (Å²) in [7, 11) is 3.70. The molecule has 0 saturated carbocycles. The summed E-state index contributed by atoms with van der Waals surface area (Å²) in [6.07, 6.45) is 0. The second-order valence-corrected chi connectivity index (χ2v) is 5.09. The highest BCUT2D eigenvalue weighted by Gasteiger charge is 2.06. The Hall–Kier alpha value is -1.64. The molecule has 1 aromatic carbocycles. The van der Waals surface area contributed by atoms with Crippen molar-refractivity contribution in [3.05, 3.63) is 27.8 Å². The van der Waals surface area contributed by atoms with Crippen LogP contribution in [0.5, 0.6) is 0 Å². The van der Waals surface area contributed by atoms with E-state index in [1.54, 1.807) is 4.90 Å². The van der Waals surface area contributed by atoms with Crippen LogP contribution in [0.2, 0.25) is 0 Å². The zero-order valence-electron chi connectivity index (χ0n) is 10.1. The lowest BCUT2D eigenvalue weighted by Crippen LogP contribution is -2.15. The summed E-state index contributed by atoms with van der Waals surface area (Å²) < 4.78 is 1.17. The molecule has 2 rings (SSSR count). The fourth-order valence-electron chi connectivity index (χ4n) is 1.30. The molecule has 0 spiro atoms. The predicted molar refractivity (Wildman–Crippen MR) is 81.0 cm³/mol. The quantitative estimate of drug-likeness (QED) is 0.818. The molecule has 18 heavy (non-hydrogen) atoms. The molecule has 0 saturated heterocycles. The average Bonchev–Trinajstić information content (AvgIpc) is 2.31. The van der Waals surface area contributed by atoms with Crippen molar-refractivity contribution in [1.82, 2.24) is 15.0 Å². The average molecular weight is 356 g/mol. The van der Waals surface area contributed by atoms with Gasteiger partial charge in [-0.2, -0.15) is 15.0 Å². The van der Waals surface area contributed by atoms with E-state index in [1.165, 1.54) is 3.57 Å². The van der Waals surface area contributed by atoms with Crippen LogP contribution in [0.1, 0.15) is 0 Å². The van der Waals surface area contributed by atoms with E-state index >= 15 is 0 Å². The number of halogens is 1. The van der Waals surface area contributed by atoms with E-state index in [0.29, 0.717) is 11.9 Å². The van der Waals surface area contributed by atoms with Crippen LogP contribution in [0, 0.1) is 3.57 Å². The third-order valence-corrected chi connectivity index (χ3v) is 2.86. The van der Waals surface area contributed by atoms with E-state index < -0.39 is 0 Å². The molecule has 6 nitrogen and oxygen atoms in total. The van der Waals surface area contributed by atoms with Crippen molar-refractivity contribution in [1.29, 1.82) is 0 Å². The number of hydrogen-bond donors (Lipinski definition) is 2. The van der Waals surface area contributed by atoms with Crippen LogP contribution >= 0.6 is 22.6 Å². The third-order valence-electron chi connectivity index (χ3n) is 2.14. The second-order valence-electron chi connectivity index (χ2n) is 3.84. The summed E-state index contributed by atoms with van der Waals surface area (Å²) in [5.41, 5.74) is 6.55. The number of aromatic nitrogens is 3. The Labute approximate surface area is 119 Å². The smallest absolute Gasteiger partial charge is 0.233 e. The number of benzene rings is 1. The first kappa shape index (κ1) is 12.8. The van der Waals surface area contributed by atoms with Crippen molar-refractivity contribution < 1.29 is 0 Å². The van der Waals surface area contributed by atoms with Crippen LogP contribution in [0.4, 0.5) is 23.5 Å². The zero-order chi connectivity index (χ0) is 13.1. The van der Waals surface area contributed by atoms with Gasteiger partial charge in [-0.15, -0.1) is 0 Å². The van der Waals surface area contributed by atoms with E-state index in [2.05, 4.69) is 42.9 Å². The van der Waals surface area contributed by atoms with Gasteiger partial charge in [-0.25, -0.2) is 0 Å². The highest BCUT2D eigenvalue weighted by atomic mass is 127. The maximum absolute atomic E-state index is 5.64. The maximum atomic E-state index is 5.64. The topological polar surface area (TPSA) is 80.0 Å². The Bertz CT molecular complexity index is 540. The highest BCUT2D eigenvalue weighted by molar-refractivity contribution is 14.1. The van der Waals surface area contributed by atoms with Crippen molar-refractivity contribution in [3.8, 4) is 0 Å². The van der Waals surface area contributed by atoms with Crippen LogP contribution in [0.25, 0.3) is 0 Å². The minimum Gasteiger partial charge on any atom is -0.368 e. The summed E-state index contributed by atoms with van der Waals surface area (Å²) in [5, 5.41) is 3.10. The van der Waals surface area contributed by atoms with Crippen LogP contribution in [0.3, 0.4) is 0 Å². The van der Waals surface area contributed by atoms with Gasteiger partial charge < -0.3 is 16.0 Å². The molecular weight excluding hydrogens is 343 g/mol. The normalized spacial score (nSPS) is 10.2. The SMILES string of the molecule is CN(C)c1nc(N)nc(Nc2ccc(I)cc2)n1. The zero-order valence-corrected chi connectivity index (χ0v) is 12.2. The van der Waals surface area contributed by atoms with Crippen molar-refractivity contribution in [2.45, 2.75) is 0 Å². The van der Waals surface area contributed by atoms with E-state index in [-0.39, 0.29) is 5.95 Å². The fourth-order valence-corrected chi connectivity index (χ4v) is 1.66. The molecule has 0 aliphatic rings. The van der Waals surface area contributed by atoms with Gasteiger partial charge in [0.15, 0.2) is 0 Å². The maximum Gasteiger partial charge on any atom is 0.233 e. The van der Waals surface area contributed by atoms with E-state index in [9.17, 15) is 0 Å². The lowest BCUT2D eigenvalue weighted by molar-refractivity contribution is 0.969. The van der Waals surface area contributed by atoms with Gasteiger partial charge in [-0.3, -0.25) is 0 Å². The van der Waals surface area contributed by atoms with Crippen molar-refractivity contribution in [2.24, 2.45) is 0 Å². The van der Waals surface area contributed by atoms with E-state index in [1.807, 2.05) is 38.4 Å². The molecule has 7 heteroatoms. The summed E-state index contributed by atoms with van der Waals surface area (Å²) in [5.74, 6) is 1.16. The number of nitrogens with one attached hydrogen (secondary N) is 1. The van der Waals surface area contributed by atoms with E-state index in [0.717, 1.165) is 5.69 Å². The number of hydrogen-bond acceptors (Lipinski definition) is 6. The largest absolute Gasteiger partial charge is 0.368 e. The molecule has 0 atom stereocenters. The number of nitrogens with two attached hydrogens (primary N) is 1. The number of anilines is 4.